The molecule has 0 aliphatic carbocycles. The molecule has 1 aromatic rings. The first-order valence-corrected chi connectivity index (χ1v) is 8.75. The van der Waals surface area contributed by atoms with E-state index in [-0.39, 0.29) is 30.8 Å². The predicted octanol–water partition coefficient (Wildman–Crippen LogP) is 1.87. The van der Waals surface area contributed by atoms with Crippen molar-refractivity contribution in [2.45, 2.75) is 39.7 Å². The van der Waals surface area contributed by atoms with E-state index in [9.17, 15) is 9.59 Å². The monoisotopic (exact) mass is 332 g/mol. The highest BCUT2D eigenvalue weighted by molar-refractivity contribution is 5.89. The third kappa shape index (κ3) is 5.06. The molecule has 0 saturated carbocycles. The summed E-state index contributed by atoms with van der Waals surface area (Å²) in [6.45, 7) is 5.83. The van der Waals surface area contributed by atoms with Crippen molar-refractivity contribution < 1.29 is 14.7 Å². The van der Waals surface area contributed by atoms with Gasteiger partial charge in [0.15, 0.2) is 0 Å². The van der Waals surface area contributed by atoms with Crippen molar-refractivity contribution in [1.82, 2.24) is 10.2 Å². The molecule has 2 rings (SSSR count). The van der Waals surface area contributed by atoms with Crippen LogP contribution in [0.1, 0.15) is 37.3 Å². The van der Waals surface area contributed by atoms with E-state index in [2.05, 4.69) is 12.2 Å². The molecule has 1 aliphatic heterocycles. The molecule has 0 bridgehead atoms. The molecule has 0 unspecified atom stereocenters. The minimum Gasteiger partial charge on any atom is -0.396 e. The molecular formula is C19H28N2O3. The van der Waals surface area contributed by atoms with Gasteiger partial charge in [-0.1, -0.05) is 43.2 Å². The lowest BCUT2D eigenvalue weighted by Crippen LogP contribution is -2.36. The van der Waals surface area contributed by atoms with Gasteiger partial charge in [-0.15, -0.1) is 0 Å². The molecule has 132 valence electrons. The normalized spacial score (nSPS) is 18.7. The van der Waals surface area contributed by atoms with Crippen molar-refractivity contribution in [1.29, 1.82) is 0 Å². The molecule has 1 aliphatic rings. The first-order chi connectivity index (χ1) is 11.5. The Morgan fingerprint density at radius 2 is 2.08 bits per heavy atom. The molecule has 5 heteroatoms. The maximum Gasteiger partial charge on any atom is 0.225 e. The average Bonchev–Trinajstić information content (AvgIpc) is 2.94. The lowest BCUT2D eigenvalue weighted by atomic mass is 10.0. The molecule has 24 heavy (non-hydrogen) atoms. The molecule has 0 radical (unpaired) electrons. The summed E-state index contributed by atoms with van der Waals surface area (Å²) in [7, 11) is 0. The first kappa shape index (κ1) is 18.5. The maximum atomic E-state index is 12.3. The number of nitrogens with zero attached hydrogens (tertiary/aromatic N) is 1. The van der Waals surface area contributed by atoms with Crippen LogP contribution in [0.5, 0.6) is 0 Å². The summed E-state index contributed by atoms with van der Waals surface area (Å²) in [6, 6.07) is 8.12. The summed E-state index contributed by atoms with van der Waals surface area (Å²) in [6.07, 6.45) is 1.90. The third-order valence-corrected chi connectivity index (χ3v) is 4.76. The fourth-order valence-corrected chi connectivity index (χ4v) is 3.04. The fraction of sp³-hybridized carbons (Fsp3) is 0.579. The van der Waals surface area contributed by atoms with E-state index in [1.54, 1.807) is 4.90 Å². The summed E-state index contributed by atoms with van der Waals surface area (Å²) in [5.41, 5.74) is 2.28. The van der Waals surface area contributed by atoms with Crippen LogP contribution >= 0.6 is 0 Å². The second-order valence-electron chi connectivity index (χ2n) is 6.69. The number of nitrogens with one attached hydrogen (secondary N) is 1. The largest absolute Gasteiger partial charge is 0.396 e. The molecular weight excluding hydrogens is 304 g/mol. The van der Waals surface area contributed by atoms with E-state index in [0.717, 1.165) is 12.0 Å². The Balaban J connectivity index is 1.84. The summed E-state index contributed by atoms with van der Waals surface area (Å²) in [5.74, 6) is 0.0126. The number of carbonyl (C=O) groups excluding carboxylic acids is 2. The fourth-order valence-electron chi connectivity index (χ4n) is 3.04. The molecule has 2 amide bonds. The number of benzene rings is 1. The number of hydrogen-bond donors (Lipinski definition) is 2. The molecule has 2 atom stereocenters. The summed E-state index contributed by atoms with van der Waals surface area (Å²) in [5, 5.41) is 12.0. The van der Waals surface area contributed by atoms with Crippen LogP contribution in [0.25, 0.3) is 0 Å². The van der Waals surface area contributed by atoms with Gasteiger partial charge in [-0.05, 0) is 24.8 Å². The van der Waals surface area contributed by atoms with Crippen LogP contribution in [-0.2, 0) is 16.1 Å². The number of aryl methyl sites for hydroxylation is 1. The van der Waals surface area contributed by atoms with E-state index in [1.165, 1.54) is 5.56 Å². The van der Waals surface area contributed by atoms with Crippen molar-refractivity contribution >= 4 is 11.8 Å². The minimum atomic E-state index is -0.269. The van der Waals surface area contributed by atoms with Crippen molar-refractivity contribution in [2.24, 2.45) is 11.8 Å². The van der Waals surface area contributed by atoms with E-state index in [0.29, 0.717) is 32.0 Å². The van der Waals surface area contributed by atoms with Gasteiger partial charge in [0.05, 0.1) is 5.92 Å². The Kier molecular flexibility index (Phi) is 6.79. The molecule has 1 saturated heterocycles. The number of hydrogen-bond acceptors (Lipinski definition) is 3. The maximum absolute atomic E-state index is 12.3. The number of aliphatic hydroxyl groups excluding tert-OH is 1. The molecule has 5 nitrogen and oxygen atoms in total. The minimum absolute atomic E-state index is 0.0399. The van der Waals surface area contributed by atoms with E-state index >= 15 is 0 Å². The molecule has 0 aromatic heterocycles. The van der Waals surface area contributed by atoms with Gasteiger partial charge >= 0.3 is 0 Å². The van der Waals surface area contributed by atoms with Gasteiger partial charge in [-0.25, -0.2) is 0 Å². The quantitative estimate of drug-likeness (QED) is 0.763. The zero-order valence-corrected chi connectivity index (χ0v) is 14.6. The smallest absolute Gasteiger partial charge is 0.225 e. The Morgan fingerprint density at radius 3 is 2.71 bits per heavy atom. The van der Waals surface area contributed by atoms with Gasteiger partial charge in [-0.2, -0.15) is 0 Å². The Morgan fingerprint density at radius 1 is 1.38 bits per heavy atom. The van der Waals surface area contributed by atoms with Crippen LogP contribution < -0.4 is 5.32 Å². The second kappa shape index (κ2) is 8.83. The topological polar surface area (TPSA) is 69.6 Å². The third-order valence-electron chi connectivity index (χ3n) is 4.76. The lowest BCUT2D eigenvalue weighted by molar-refractivity contribution is -0.129. The van der Waals surface area contributed by atoms with Crippen molar-refractivity contribution in [3.63, 3.8) is 0 Å². The van der Waals surface area contributed by atoms with Crippen LogP contribution in [0.3, 0.4) is 0 Å². The molecule has 1 fully saturated rings. The van der Waals surface area contributed by atoms with Crippen molar-refractivity contribution in [2.75, 3.05) is 19.7 Å². The van der Waals surface area contributed by atoms with Crippen LogP contribution in [0.15, 0.2) is 24.3 Å². The average molecular weight is 332 g/mol. The van der Waals surface area contributed by atoms with Crippen LogP contribution in [0.2, 0.25) is 0 Å². The van der Waals surface area contributed by atoms with E-state index in [1.807, 2.05) is 31.2 Å². The molecule has 1 aromatic carbocycles. The van der Waals surface area contributed by atoms with Crippen molar-refractivity contribution in [3.8, 4) is 0 Å². The van der Waals surface area contributed by atoms with Gasteiger partial charge < -0.3 is 15.3 Å². The number of rotatable bonds is 8. The predicted molar refractivity (Wildman–Crippen MR) is 93.2 cm³/mol. The zero-order valence-electron chi connectivity index (χ0n) is 14.6. The summed E-state index contributed by atoms with van der Waals surface area (Å²) < 4.78 is 0. The zero-order chi connectivity index (χ0) is 17.5. The highest BCUT2D eigenvalue weighted by Gasteiger charge is 2.34. The van der Waals surface area contributed by atoms with Gasteiger partial charge in [0.2, 0.25) is 11.8 Å². The van der Waals surface area contributed by atoms with Gasteiger partial charge in [-0.3, -0.25) is 9.59 Å². The van der Waals surface area contributed by atoms with Crippen LogP contribution in [0.4, 0.5) is 0 Å². The highest BCUT2D eigenvalue weighted by atomic mass is 16.3. The number of likely N-dealkylation sites (tertiary alicyclic amines) is 1. The second-order valence-corrected chi connectivity index (χ2v) is 6.69. The molecule has 0 spiro atoms. The van der Waals surface area contributed by atoms with Gasteiger partial charge in [0.25, 0.3) is 0 Å². The summed E-state index contributed by atoms with van der Waals surface area (Å²) in [4.78, 5) is 26.2. The lowest BCUT2D eigenvalue weighted by Gasteiger charge is -2.18. The Hall–Kier alpha value is -1.88. The number of aliphatic hydroxyl groups is 1. The van der Waals surface area contributed by atoms with E-state index < -0.39 is 0 Å². The van der Waals surface area contributed by atoms with Crippen LogP contribution in [-0.4, -0.2) is 41.5 Å². The standard InChI is InChI=1S/C19H28N2O3/c1-3-15(8-9-22)11-20-19(24)17-10-18(23)21(13-17)12-16-6-4-14(2)5-7-16/h4-7,15,17,22H,3,8-13H2,1-2H3,(H,20,24)/t15-,17+/m0/s1. The highest BCUT2D eigenvalue weighted by Crippen LogP contribution is 2.21. The number of carbonyl (C=O) groups is 2. The van der Waals surface area contributed by atoms with Crippen LogP contribution in [0, 0.1) is 18.8 Å². The number of amides is 2. The Labute approximate surface area is 144 Å². The summed E-state index contributed by atoms with van der Waals surface area (Å²) >= 11 is 0. The van der Waals surface area contributed by atoms with Gasteiger partial charge in [0, 0.05) is 32.7 Å². The van der Waals surface area contributed by atoms with Gasteiger partial charge in [0.1, 0.15) is 0 Å². The van der Waals surface area contributed by atoms with Crippen molar-refractivity contribution in [3.05, 3.63) is 35.4 Å². The Bertz CT molecular complexity index is 556. The molecule has 2 N–H and O–H groups in total. The van der Waals surface area contributed by atoms with E-state index in [4.69, 9.17) is 5.11 Å². The SMILES string of the molecule is CC[C@@H](CCO)CNC(=O)[C@@H]1CC(=O)N(Cc2ccc(C)cc2)C1. The first-order valence-electron chi connectivity index (χ1n) is 8.75. The molecule has 1 heterocycles.